The van der Waals surface area contributed by atoms with Crippen LogP contribution in [0.4, 0.5) is 0 Å². The first-order valence-electron chi connectivity index (χ1n) is 4.14. The molecule has 60 valence electrons. The topological polar surface area (TPSA) is 20.2 Å². The summed E-state index contributed by atoms with van der Waals surface area (Å²) in [6.45, 7) is 8.66. The summed E-state index contributed by atoms with van der Waals surface area (Å²) >= 11 is 0. The Bertz CT molecular complexity index is 127. The third-order valence-corrected chi connectivity index (χ3v) is 3.42. The summed E-state index contributed by atoms with van der Waals surface area (Å²) in [6.07, 6.45) is 1.08. The summed E-state index contributed by atoms with van der Waals surface area (Å²) in [5.74, 6) is 1.31. The Balaban J connectivity index is 2.55. The van der Waals surface area contributed by atoms with Crippen molar-refractivity contribution in [1.82, 2.24) is 0 Å². The standard InChI is InChI=1S/C9H18O/c1-6-5-8(7(2)10)9(6,3)4/h6-8,10H,5H2,1-4H3. The van der Waals surface area contributed by atoms with Gasteiger partial charge in [0.1, 0.15) is 0 Å². The zero-order valence-electron chi connectivity index (χ0n) is 7.39. The van der Waals surface area contributed by atoms with Crippen LogP contribution in [0.5, 0.6) is 0 Å². The normalized spacial score (nSPS) is 40.5. The van der Waals surface area contributed by atoms with E-state index in [4.69, 9.17) is 0 Å². The molecule has 0 radical (unpaired) electrons. The van der Waals surface area contributed by atoms with Crippen molar-refractivity contribution in [3.05, 3.63) is 0 Å². The van der Waals surface area contributed by atoms with E-state index in [0.717, 1.165) is 5.92 Å². The highest BCUT2D eigenvalue weighted by Gasteiger charge is 2.47. The molecule has 1 heteroatoms. The fourth-order valence-electron chi connectivity index (χ4n) is 2.01. The first-order chi connectivity index (χ1) is 4.46. The molecule has 0 aromatic rings. The molecule has 3 unspecified atom stereocenters. The summed E-state index contributed by atoms with van der Waals surface area (Å²) < 4.78 is 0. The SMILES string of the molecule is CC(O)C1CC(C)C1(C)C. The third-order valence-electron chi connectivity index (χ3n) is 3.42. The average Bonchev–Trinajstić information content (AvgIpc) is 1.82. The molecule has 0 aliphatic heterocycles. The summed E-state index contributed by atoms with van der Waals surface area (Å²) in [6, 6.07) is 0. The first kappa shape index (κ1) is 8.06. The number of aliphatic hydroxyl groups is 1. The monoisotopic (exact) mass is 142 g/mol. The van der Waals surface area contributed by atoms with Gasteiger partial charge in [-0.05, 0) is 30.6 Å². The van der Waals surface area contributed by atoms with Crippen molar-refractivity contribution in [1.29, 1.82) is 0 Å². The Morgan fingerprint density at radius 3 is 2.10 bits per heavy atom. The summed E-state index contributed by atoms with van der Waals surface area (Å²) in [5, 5.41) is 9.33. The molecule has 1 aliphatic carbocycles. The van der Waals surface area contributed by atoms with Gasteiger partial charge in [0.15, 0.2) is 0 Å². The van der Waals surface area contributed by atoms with Crippen LogP contribution in [-0.2, 0) is 0 Å². The van der Waals surface area contributed by atoms with E-state index in [9.17, 15) is 5.11 Å². The van der Waals surface area contributed by atoms with Crippen LogP contribution < -0.4 is 0 Å². The first-order valence-corrected chi connectivity index (χ1v) is 4.14. The third kappa shape index (κ3) is 0.968. The second-order valence-electron chi connectivity index (χ2n) is 4.31. The second-order valence-corrected chi connectivity index (χ2v) is 4.31. The molecule has 0 aromatic carbocycles. The Morgan fingerprint density at radius 2 is 2.00 bits per heavy atom. The molecule has 0 bridgehead atoms. The largest absolute Gasteiger partial charge is 0.393 e. The van der Waals surface area contributed by atoms with E-state index < -0.39 is 0 Å². The van der Waals surface area contributed by atoms with Crippen molar-refractivity contribution in [2.24, 2.45) is 17.3 Å². The predicted octanol–water partition coefficient (Wildman–Crippen LogP) is 2.05. The van der Waals surface area contributed by atoms with Crippen molar-refractivity contribution in [2.75, 3.05) is 0 Å². The van der Waals surface area contributed by atoms with Gasteiger partial charge < -0.3 is 5.11 Å². The molecule has 0 aromatic heterocycles. The minimum Gasteiger partial charge on any atom is -0.393 e. The zero-order chi connectivity index (χ0) is 7.94. The van der Waals surface area contributed by atoms with E-state index >= 15 is 0 Å². The molecular formula is C9H18O. The van der Waals surface area contributed by atoms with Gasteiger partial charge in [0.2, 0.25) is 0 Å². The Morgan fingerprint density at radius 1 is 1.50 bits per heavy atom. The number of hydrogen-bond acceptors (Lipinski definition) is 1. The maximum absolute atomic E-state index is 9.33. The molecule has 1 N–H and O–H groups in total. The fraction of sp³-hybridized carbons (Fsp3) is 1.00. The van der Waals surface area contributed by atoms with E-state index in [1.165, 1.54) is 6.42 Å². The zero-order valence-corrected chi connectivity index (χ0v) is 7.39. The molecule has 0 heterocycles. The van der Waals surface area contributed by atoms with Gasteiger partial charge in [-0.3, -0.25) is 0 Å². The minimum atomic E-state index is -0.119. The summed E-state index contributed by atoms with van der Waals surface area (Å²) in [5.41, 5.74) is 0.369. The molecule has 0 saturated heterocycles. The number of aliphatic hydroxyl groups excluding tert-OH is 1. The maximum Gasteiger partial charge on any atom is 0.0545 e. The van der Waals surface area contributed by atoms with Crippen LogP contribution >= 0.6 is 0 Å². The molecule has 3 atom stereocenters. The van der Waals surface area contributed by atoms with Crippen LogP contribution in [0.2, 0.25) is 0 Å². The van der Waals surface area contributed by atoms with Crippen molar-refractivity contribution < 1.29 is 5.11 Å². The Labute approximate surface area is 63.4 Å². The van der Waals surface area contributed by atoms with Gasteiger partial charge >= 0.3 is 0 Å². The average molecular weight is 142 g/mol. The molecule has 1 fully saturated rings. The molecule has 1 rings (SSSR count). The molecule has 1 nitrogen and oxygen atoms in total. The van der Waals surface area contributed by atoms with Gasteiger partial charge in [-0.2, -0.15) is 0 Å². The fourth-order valence-corrected chi connectivity index (χ4v) is 2.01. The summed E-state index contributed by atoms with van der Waals surface area (Å²) in [7, 11) is 0. The van der Waals surface area contributed by atoms with Crippen LogP contribution in [0.1, 0.15) is 34.1 Å². The predicted molar refractivity (Wildman–Crippen MR) is 42.7 cm³/mol. The summed E-state index contributed by atoms with van der Waals surface area (Å²) in [4.78, 5) is 0. The van der Waals surface area contributed by atoms with Crippen molar-refractivity contribution in [3.63, 3.8) is 0 Å². The van der Waals surface area contributed by atoms with Crippen LogP contribution in [0.15, 0.2) is 0 Å². The number of rotatable bonds is 1. The van der Waals surface area contributed by atoms with E-state index in [1.807, 2.05) is 6.92 Å². The molecular weight excluding hydrogens is 124 g/mol. The molecule has 1 aliphatic rings. The lowest BCUT2D eigenvalue weighted by Crippen LogP contribution is -2.48. The van der Waals surface area contributed by atoms with Crippen molar-refractivity contribution in [2.45, 2.75) is 40.2 Å². The van der Waals surface area contributed by atoms with E-state index in [1.54, 1.807) is 0 Å². The van der Waals surface area contributed by atoms with Crippen LogP contribution in [0.3, 0.4) is 0 Å². The lowest BCUT2D eigenvalue weighted by molar-refractivity contribution is -0.0793. The Hall–Kier alpha value is -0.0400. The van der Waals surface area contributed by atoms with Gasteiger partial charge in [0.25, 0.3) is 0 Å². The van der Waals surface area contributed by atoms with E-state index in [2.05, 4.69) is 20.8 Å². The van der Waals surface area contributed by atoms with Crippen LogP contribution in [0, 0.1) is 17.3 Å². The lowest BCUT2D eigenvalue weighted by atomic mass is 9.54. The highest BCUT2D eigenvalue weighted by atomic mass is 16.3. The second kappa shape index (κ2) is 2.23. The molecule has 1 saturated carbocycles. The minimum absolute atomic E-state index is 0.119. The highest BCUT2D eigenvalue weighted by Crippen LogP contribution is 2.52. The van der Waals surface area contributed by atoms with Gasteiger partial charge in [-0.25, -0.2) is 0 Å². The molecule has 10 heavy (non-hydrogen) atoms. The van der Waals surface area contributed by atoms with Gasteiger partial charge in [0, 0.05) is 0 Å². The van der Waals surface area contributed by atoms with E-state index in [-0.39, 0.29) is 6.10 Å². The van der Waals surface area contributed by atoms with Gasteiger partial charge in [-0.1, -0.05) is 20.8 Å². The number of hydrogen-bond donors (Lipinski definition) is 1. The van der Waals surface area contributed by atoms with Crippen LogP contribution in [0.25, 0.3) is 0 Å². The van der Waals surface area contributed by atoms with Crippen LogP contribution in [-0.4, -0.2) is 11.2 Å². The van der Waals surface area contributed by atoms with Gasteiger partial charge in [-0.15, -0.1) is 0 Å². The quantitative estimate of drug-likeness (QED) is 0.594. The lowest BCUT2D eigenvalue weighted by Gasteiger charge is -2.52. The van der Waals surface area contributed by atoms with Crippen molar-refractivity contribution in [3.8, 4) is 0 Å². The van der Waals surface area contributed by atoms with Crippen molar-refractivity contribution >= 4 is 0 Å². The molecule has 0 spiro atoms. The smallest absolute Gasteiger partial charge is 0.0545 e. The highest BCUT2D eigenvalue weighted by molar-refractivity contribution is 4.96. The Kier molecular flexibility index (Phi) is 1.80. The van der Waals surface area contributed by atoms with Gasteiger partial charge in [0.05, 0.1) is 6.10 Å². The maximum atomic E-state index is 9.33. The van der Waals surface area contributed by atoms with E-state index in [0.29, 0.717) is 11.3 Å². The molecule has 0 amide bonds.